The molecule has 0 unspecified atom stereocenters. The summed E-state index contributed by atoms with van der Waals surface area (Å²) in [6.45, 7) is 3.94. The number of aromatic amines is 1. The van der Waals surface area contributed by atoms with Crippen molar-refractivity contribution in [2.75, 3.05) is 26.2 Å². The Kier molecular flexibility index (Phi) is 6.09. The monoisotopic (exact) mass is 451 g/mol. The van der Waals surface area contributed by atoms with Gasteiger partial charge in [-0.25, -0.2) is 9.59 Å². The number of rotatable bonds is 5. The van der Waals surface area contributed by atoms with E-state index in [1.807, 2.05) is 24.3 Å². The predicted octanol–water partition coefficient (Wildman–Crippen LogP) is 4.02. The van der Waals surface area contributed by atoms with Crippen molar-refractivity contribution in [1.82, 2.24) is 14.8 Å². The number of ether oxygens (including phenoxy) is 1. The van der Waals surface area contributed by atoms with Crippen LogP contribution in [0.5, 0.6) is 5.75 Å². The first kappa shape index (κ1) is 21.6. The summed E-state index contributed by atoms with van der Waals surface area (Å²) >= 11 is 0. The zero-order chi connectivity index (χ0) is 22.8. The number of oxazole rings is 1. The molecular formula is C25H29N3O5. The molecule has 2 aromatic carbocycles. The van der Waals surface area contributed by atoms with Crippen LogP contribution in [0.2, 0.25) is 0 Å². The summed E-state index contributed by atoms with van der Waals surface area (Å²) in [6.07, 6.45) is 2.73. The molecule has 0 radical (unpaired) electrons. The molecule has 174 valence electrons. The number of aromatic nitrogens is 1. The molecule has 1 aromatic heterocycles. The molecule has 0 atom stereocenters. The van der Waals surface area contributed by atoms with E-state index in [0.717, 1.165) is 62.1 Å². The molecule has 0 spiro atoms. The maximum absolute atomic E-state index is 11.6. The lowest BCUT2D eigenvalue weighted by atomic mass is 9.89. The summed E-state index contributed by atoms with van der Waals surface area (Å²) in [5.41, 5.74) is 3.85. The van der Waals surface area contributed by atoms with Crippen molar-refractivity contribution in [2.24, 2.45) is 0 Å². The standard InChI is InChI=1S/C25H29N3O5/c29-24-26-22-3-1-2-21(23(22)33-24)18-8-12-27(13-9-18)16-17-4-6-19(7-5-17)32-20-10-14-28(15-11-20)25(30)31/h1-7,18,20H,8-16H2,(H,26,29)(H,30,31). The first-order valence-electron chi connectivity index (χ1n) is 11.6. The normalized spacial score (nSPS) is 18.6. The van der Waals surface area contributed by atoms with Gasteiger partial charge in [0.15, 0.2) is 5.58 Å². The second-order valence-corrected chi connectivity index (χ2v) is 9.02. The fraction of sp³-hybridized carbons (Fsp3) is 0.440. The van der Waals surface area contributed by atoms with Gasteiger partial charge in [-0.1, -0.05) is 24.3 Å². The van der Waals surface area contributed by atoms with Crippen LogP contribution >= 0.6 is 0 Å². The Morgan fingerprint density at radius 1 is 1.03 bits per heavy atom. The maximum Gasteiger partial charge on any atom is 0.417 e. The highest BCUT2D eigenvalue weighted by molar-refractivity contribution is 5.76. The molecule has 2 aliphatic heterocycles. The molecule has 1 amide bonds. The zero-order valence-electron chi connectivity index (χ0n) is 18.5. The number of carboxylic acid groups (broad SMARTS) is 1. The molecule has 0 aliphatic carbocycles. The number of hydrogen-bond donors (Lipinski definition) is 2. The van der Waals surface area contributed by atoms with E-state index < -0.39 is 11.8 Å². The van der Waals surface area contributed by atoms with E-state index in [1.165, 1.54) is 10.5 Å². The number of carbonyl (C=O) groups is 1. The molecule has 8 heteroatoms. The Balaban J connectivity index is 1.12. The van der Waals surface area contributed by atoms with Crippen LogP contribution in [0.1, 0.15) is 42.7 Å². The van der Waals surface area contributed by atoms with Crippen molar-refractivity contribution in [1.29, 1.82) is 0 Å². The highest BCUT2D eigenvalue weighted by atomic mass is 16.5. The van der Waals surface area contributed by atoms with Crippen molar-refractivity contribution in [2.45, 2.75) is 44.2 Å². The number of para-hydroxylation sites is 1. The van der Waals surface area contributed by atoms with E-state index in [2.05, 4.69) is 28.1 Å². The van der Waals surface area contributed by atoms with E-state index in [-0.39, 0.29) is 6.10 Å². The number of hydrogen-bond acceptors (Lipinski definition) is 5. The van der Waals surface area contributed by atoms with E-state index in [4.69, 9.17) is 14.3 Å². The highest BCUT2D eigenvalue weighted by Crippen LogP contribution is 2.33. The number of nitrogens with zero attached hydrogens (tertiary/aromatic N) is 2. The van der Waals surface area contributed by atoms with Crippen LogP contribution in [0.4, 0.5) is 4.79 Å². The summed E-state index contributed by atoms with van der Waals surface area (Å²) in [7, 11) is 0. The van der Waals surface area contributed by atoms with E-state index in [0.29, 0.717) is 24.6 Å². The quantitative estimate of drug-likeness (QED) is 0.608. The van der Waals surface area contributed by atoms with Crippen molar-refractivity contribution < 1.29 is 19.1 Å². The third-order valence-corrected chi connectivity index (χ3v) is 6.85. The average Bonchev–Trinajstić information content (AvgIpc) is 3.21. The fourth-order valence-corrected chi connectivity index (χ4v) is 5.01. The van der Waals surface area contributed by atoms with Crippen LogP contribution in [0.25, 0.3) is 11.1 Å². The van der Waals surface area contributed by atoms with E-state index in [9.17, 15) is 9.59 Å². The largest absolute Gasteiger partial charge is 0.490 e. The van der Waals surface area contributed by atoms with Crippen LogP contribution < -0.4 is 10.5 Å². The Bertz CT molecular complexity index is 1150. The number of piperidine rings is 2. The van der Waals surface area contributed by atoms with Crippen molar-refractivity contribution in [3.05, 3.63) is 64.1 Å². The van der Waals surface area contributed by atoms with Gasteiger partial charge in [0.25, 0.3) is 0 Å². The fourth-order valence-electron chi connectivity index (χ4n) is 5.01. The zero-order valence-corrected chi connectivity index (χ0v) is 18.5. The van der Waals surface area contributed by atoms with Crippen LogP contribution in [0.15, 0.2) is 51.7 Å². The molecule has 0 saturated carbocycles. The number of fused-ring (bicyclic) bond motifs is 1. The predicted molar refractivity (Wildman–Crippen MR) is 124 cm³/mol. The lowest BCUT2D eigenvalue weighted by Gasteiger charge is -2.32. The third-order valence-electron chi connectivity index (χ3n) is 6.85. The first-order chi connectivity index (χ1) is 16.0. The molecule has 3 aromatic rings. The Hall–Kier alpha value is -3.26. The molecule has 5 rings (SSSR count). The van der Waals surface area contributed by atoms with E-state index >= 15 is 0 Å². The number of benzene rings is 2. The number of nitrogens with one attached hydrogen (secondary N) is 1. The minimum atomic E-state index is -0.852. The number of H-pyrrole nitrogens is 1. The molecule has 2 saturated heterocycles. The van der Waals surface area contributed by atoms with Gasteiger partial charge in [0.2, 0.25) is 0 Å². The topological polar surface area (TPSA) is 99.0 Å². The van der Waals surface area contributed by atoms with Crippen LogP contribution in [-0.2, 0) is 6.54 Å². The minimum absolute atomic E-state index is 0.0689. The Morgan fingerprint density at radius 3 is 2.45 bits per heavy atom. The molecule has 2 fully saturated rings. The first-order valence-corrected chi connectivity index (χ1v) is 11.6. The second kappa shape index (κ2) is 9.31. The van der Waals surface area contributed by atoms with Gasteiger partial charge >= 0.3 is 11.8 Å². The Morgan fingerprint density at radius 2 is 1.76 bits per heavy atom. The van der Waals surface area contributed by atoms with Gasteiger partial charge in [-0.2, -0.15) is 0 Å². The Labute approximate surface area is 191 Å². The number of amides is 1. The summed E-state index contributed by atoms with van der Waals surface area (Å²) in [6, 6.07) is 14.2. The molecule has 0 bridgehead atoms. The average molecular weight is 452 g/mol. The maximum atomic E-state index is 11.6. The lowest BCUT2D eigenvalue weighted by molar-refractivity contribution is 0.0894. The van der Waals surface area contributed by atoms with Gasteiger partial charge in [-0.3, -0.25) is 9.88 Å². The molecular weight excluding hydrogens is 422 g/mol. The van der Waals surface area contributed by atoms with Gasteiger partial charge in [-0.15, -0.1) is 0 Å². The lowest BCUT2D eigenvalue weighted by Crippen LogP contribution is -2.41. The molecule has 3 heterocycles. The second-order valence-electron chi connectivity index (χ2n) is 9.02. The van der Waals surface area contributed by atoms with Gasteiger partial charge in [0.05, 0.1) is 5.52 Å². The van der Waals surface area contributed by atoms with Crippen LogP contribution in [0.3, 0.4) is 0 Å². The van der Waals surface area contributed by atoms with Crippen molar-refractivity contribution in [3.63, 3.8) is 0 Å². The van der Waals surface area contributed by atoms with Crippen molar-refractivity contribution >= 4 is 17.2 Å². The van der Waals surface area contributed by atoms with Gasteiger partial charge in [0.1, 0.15) is 11.9 Å². The molecule has 2 aliphatic rings. The molecule has 8 nitrogen and oxygen atoms in total. The molecule has 2 N–H and O–H groups in total. The molecule has 33 heavy (non-hydrogen) atoms. The van der Waals surface area contributed by atoms with Crippen molar-refractivity contribution in [3.8, 4) is 5.75 Å². The van der Waals surface area contributed by atoms with Gasteiger partial charge in [-0.05, 0) is 55.6 Å². The van der Waals surface area contributed by atoms with Gasteiger partial charge < -0.3 is 19.2 Å². The van der Waals surface area contributed by atoms with E-state index in [1.54, 1.807) is 0 Å². The summed E-state index contributed by atoms with van der Waals surface area (Å²) in [5.74, 6) is 0.840. The summed E-state index contributed by atoms with van der Waals surface area (Å²) < 4.78 is 11.5. The minimum Gasteiger partial charge on any atom is -0.490 e. The van der Waals surface area contributed by atoms with Gasteiger partial charge in [0, 0.05) is 38.0 Å². The smallest absolute Gasteiger partial charge is 0.417 e. The SMILES string of the molecule is O=C(O)N1CCC(Oc2ccc(CN3CCC(c4cccc5[nH]c(=O)oc45)CC3)cc2)CC1. The van der Waals surface area contributed by atoms with Crippen LogP contribution in [-0.4, -0.2) is 58.3 Å². The number of likely N-dealkylation sites (tertiary alicyclic amines) is 2. The third kappa shape index (κ3) is 4.90. The highest BCUT2D eigenvalue weighted by Gasteiger charge is 2.25. The summed E-state index contributed by atoms with van der Waals surface area (Å²) in [4.78, 5) is 29.3. The van der Waals surface area contributed by atoms with Crippen LogP contribution in [0, 0.1) is 0 Å². The summed E-state index contributed by atoms with van der Waals surface area (Å²) in [5, 5.41) is 9.06.